The fourth-order valence-electron chi connectivity index (χ4n) is 9.79. The molecule has 9 unspecified atom stereocenters. The number of unbranched alkanes of at least 4 members (excludes halogenated alkanes) is 2. The molecule has 0 nitrogen and oxygen atoms in total. The van der Waals surface area contributed by atoms with Crippen LogP contribution in [0.4, 0.5) is 0 Å². The smallest absolute Gasteiger partial charge is 0.0349 e. The number of hydrogen-bond donors (Lipinski definition) is 0. The van der Waals surface area contributed by atoms with Gasteiger partial charge in [0.05, 0.1) is 0 Å². The molecule has 4 fully saturated rings. The summed E-state index contributed by atoms with van der Waals surface area (Å²) in [6.07, 6.45) is 27.7. The zero-order chi connectivity index (χ0) is 22.5. The minimum Gasteiger partial charge on any atom is -0.0654 e. The molecule has 0 spiro atoms. The molecule has 0 amide bonds. The third-order valence-corrected chi connectivity index (χ3v) is 11.5. The standard InChI is InChI=1S/C32H58/c1-5-7-14-28-29(15-8-6-2)32-22-27(25-12-10-9-11-13-25)18-19-30(32)31(28)21-26-17-16-23(3)20-24(26)4/h23-32H,5-22H2,1-4H3. The van der Waals surface area contributed by atoms with Crippen LogP contribution in [0.5, 0.6) is 0 Å². The van der Waals surface area contributed by atoms with E-state index in [1.165, 1.54) is 57.8 Å². The maximum Gasteiger partial charge on any atom is -0.0349 e. The van der Waals surface area contributed by atoms with Crippen molar-refractivity contribution in [1.29, 1.82) is 0 Å². The van der Waals surface area contributed by atoms with Crippen molar-refractivity contribution >= 4 is 0 Å². The van der Waals surface area contributed by atoms with Crippen LogP contribution >= 0.6 is 0 Å². The molecule has 4 rings (SSSR count). The van der Waals surface area contributed by atoms with Crippen LogP contribution in [-0.4, -0.2) is 0 Å². The molecule has 0 aliphatic heterocycles. The van der Waals surface area contributed by atoms with Gasteiger partial charge in [-0.1, -0.05) is 91.9 Å². The monoisotopic (exact) mass is 442 g/mol. The fourth-order valence-corrected chi connectivity index (χ4v) is 9.79. The first-order chi connectivity index (χ1) is 15.6. The Morgan fingerprint density at radius 2 is 1.31 bits per heavy atom. The summed E-state index contributed by atoms with van der Waals surface area (Å²) < 4.78 is 0. The summed E-state index contributed by atoms with van der Waals surface area (Å²) in [5.74, 6) is 10.7. The van der Waals surface area contributed by atoms with Gasteiger partial charge in [-0.2, -0.15) is 0 Å². The molecule has 0 bridgehead atoms. The Bertz CT molecular complexity index is 530. The molecule has 0 saturated heterocycles. The van der Waals surface area contributed by atoms with Gasteiger partial charge in [0.15, 0.2) is 0 Å². The predicted octanol–water partition coefficient (Wildman–Crippen LogP) is 10.3. The van der Waals surface area contributed by atoms with Crippen LogP contribution in [0.1, 0.15) is 143 Å². The Morgan fingerprint density at radius 1 is 0.594 bits per heavy atom. The molecule has 186 valence electrons. The molecule has 0 N–H and O–H groups in total. The van der Waals surface area contributed by atoms with E-state index in [0.29, 0.717) is 0 Å². The van der Waals surface area contributed by atoms with Crippen LogP contribution in [0.2, 0.25) is 0 Å². The van der Waals surface area contributed by atoms with Gasteiger partial charge in [0.25, 0.3) is 0 Å². The first-order valence-electron chi connectivity index (χ1n) is 15.6. The first-order valence-corrected chi connectivity index (χ1v) is 15.6. The second kappa shape index (κ2) is 12.1. The molecule has 4 saturated carbocycles. The Labute approximate surface area is 202 Å². The van der Waals surface area contributed by atoms with Gasteiger partial charge >= 0.3 is 0 Å². The van der Waals surface area contributed by atoms with Gasteiger partial charge in [-0.3, -0.25) is 0 Å². The van der Waals surface area contributed by atoms with Crippen molar-refractivity contribution in [2.24, 2.45) is 59.2 Å². The van der Waals surface area contributed by atoms with E-state index in [-0.39, 0.29) is 0 Å². The zero-order valence-electron chi connectivity index (χ0n) is 22.5. The molecular formula is C32H58. The lowest BCUT2D eigenvalue weighted by Crippen LogP contribution is -2.32. The first kappa shape index (κ1) is 25.1. The molecule has 0 radical (unpaired) electrons. The van der Waals surface area contributed by atoms with Crippen molar-refractivity contribution in [3.8, 4) is 0 Å². The molecule has 4 aliphatic carbocycles. The van der Waals surface area contributed by atoms with Crippen molar-refractivity contribution in [3.05, 3.63) is 0 Å². The Kier molecular flexibility index (Phi) is 9.50. The van der Waals surface area contributed by atoms with E-state index in [1.807, 2.05) is 0 Å². The van der Waals surface area contributed by atoms with E-state index in [9.17, 15) is 0 Å². The minimum atomic E-state index is 0.983. The number of rotatable bonds is 9. The third-order valence-electron chi connectivity index (χ3n) is 11.5. The van der Waals surface area contributed by atoms with Crippen molar-refractivity contribution in [1.82, 2.24) is 0 Å². The van der Waals surface area contributed by atoms with Crippen molar-refractivity contribution < 1.29 is 0 Å². The molecule has 9 atom stereocenters. The van der Waals surface area contributed by atoms with Crippen LogP contribution < -0.4 is 0 Å². The molecule has 0 aromatic heterocycles. The van der Waals surface area contributed by atoms with Crippen LogP contribution in [0.15, 0.2) is 0 Å². The van der Waals surface area contributed by atoms with Gasteiger partial charge < -0.3 is 0 Å². The van der Waals surface area contributed by atoms with Gasteiger partial charge in [0.2, 0.25) is 0 Å². The normalized spacial score (nSPS) is 43.3. The van der Waals surface area contributed by atoms with Gasteiger partial charge in [-0.15, -0.1) is 0 Å². The average molecular weight is 443 g/mol. The highest BCUT2D eigenvalue weighted by Crippen LogP contribution is 2.60. The minimum absolute atomic E-state index is 0.983. The lowest BCUT2D eigenvalue weighted by molar-refractivity contribution is 0.0845. The van der Waals surface area contributed by atoms with E-state index in [0.717, 1.165) is 59.2 Å². The van der Waals surface area contributed by atoms with Crippen LogP contribution in [0, 0.1) is 59.2 Å². The van der Waals surface area contributed by atoms with Gasteiger partial charge in [-0.25, -0.2) is 0 Å². The summed E-state index contributed by atoms with van der Waals surface area (Å²) in [6.45, 7) is 9.99. The van der Waals surface area contributed by atoms with Gasteiger partial charge in [-0.05, 0) is 111 Å². The van der Waals surface area contributed by atoms with E-state index in [4.69, 9.17) is 0 Å². The Balaban J connectivity index is 1.51. The molecule has 32 heavy (non-hydrogen) atoms. The van der Waals surface area contributed by atoms with Gasteiger partial charge in [0.1, 0.15) is 0 Å². The second-order valence-electron chi connectivity index (χ2n) is 13.5. The largest absolute Gasteiger partial charge is 0.0654 e. The summed E-state index contributed by atoms with van der Waals surface area (Å²) >= 11 is 0. The second-order valence-corrected chi connectivity index (χ2v) is 13.5. The third kappa shape index (κ3) is 5.79. The van der Waals surface area contributed by atoms with E-state index in [2.05, 4.69) is 27.7 Å². The lowest BCUT2D eigenvalue weighted by atomic mass is 9.64. The van der Waals surface area contributed by atoms with Gasteiger partial charge in [0, 0.05) is 0 Å². The highest BCUT2D eigenvalue weighted by Gasteiger charge is 2.52. The summed E-state index contributed by atoms with van der Waals surface area (Å²) in [7, 11) is 0. The molecule has 0 aromatic carbocycles. The summed E-state index contributed by atoms with van der Waals surface area (Å²) in [5.41, 5.74) is 0. The molecule has 4 aliphatic rings. The maximum atomic E-state index is 2.61. The maximum absolute atomic E-state index is 2.61. The fraction of sp³-hybridized carbons (Fsp3) is 1.00. The number of fused-ring (bicyclic) bond motifs is 1. The van der Waals surface area contributed by atoms with E-state index in [1.54, 1.807) is 57.8 Å². The van der Waals surface area contributed by atoms with E-state index < -0.39 is 0 Å². The molecular weight excluding hydrogens is 384 g/mol. The zero-order valence-corrected chi connectivity index (χ0v) is 22.5. The van der Waals surface area contributed by atoms with E-state index >= 15 is 0 Å². The van der Waals surface area contributed by atoms with Crippen molar-refractivity contribution in [2.45, 2.75) is 143 Å². The van der Waals surface area contributed by atoms with Crippen LogP contribution in [-0.2, 0) is 0 Å². The lowest BCUT2D eigenvalue weighted by Gasteiger charge is -2.42. The Hall–Kier alpha value is 0. The number of hydrogen-bond acceptors (Lipinski definition) is 0. The quantitative estimate of drug-likeness (QED) is 0.333. The predicted molar refractivity (Wildman–Crippen MR) is 141 cm³/mol. The SMILES string of the molecule is CCCCC1C(CCCC)C2CC(C3CCCCC3)CCC2C1CC1CCC(C)CC1C. The molecule has 0 aromatic rings. The molecule has 0 heterocycles. The van der Waals surface area contributed by atoms with Crippen LogP contribution in [0.25, 0.3) is 0 Å². The van der Waals surface area contributed by atoms with Crippen LogP contribution in [0.3, 0.4) is 0 Å². The summed E-state index contributed by atoms with van der Waals surface area (Å²) in [6, 6.07) is 0. The molecule has 0 heteroatoms. The highest BCUT2D eigenvalue weighted by molar-refractivity contribution is 5.01. The average Bonchev–Trinajstić information content (AvgIpc) is 3.10. The van der Waals surface area contributed by atoms with Crippen molar-refractivity contribution in [3.63, 3.8) is 0 Å². The Morgan fingerprint density at radius 3 is 2.00 bits per heavy atom. The summed E-state index contributed by atoms with van der Waals surface area (Å²) in [4.78, 5) is 0. The summed E-state index contributed by atoms with van der Waals surface area (Å²) in [5, 5.41) is 0. The topological polar surface area (TPSA) is 0 Å². The highest BCUT2D eigenvalue weighted by atomic mass is 14.6. The van der Waals surface area contributed by atoms with Crippen molar-refractivity contribution in [2.75, 3.05) is 0 Å².